The normalized spacial score (nSPS) is 9.82. The van der Waals surface area contributed by atoms with E-state index in [0.717, 1.165) is 22.6 Å². The van der Waals surface area contributed by atoms with Gasteiger partial charge in [-0.3, -0.25) is 0 Å². The van der Waals surface area contributed by atoms with Crippen molar-refractivity contribution < 1.29 is 9.53 Å². The predicted octanol–water partition coefficient (Wildman–Crippen LogP) is 6.21. The highest BCUT2D eigenvalue weighted by atomic mass is 16.5. The summed E-state index contributed by atoms with van der Waals surface area (Å²) in [7, 11) is 1.31. The fraction of sp³-hybridized carbons (Fsp3) is 0.0345. The van der Waals surface area contributed by atoms with Crippen LogP contribution in [0.5, 0.6) is 0 Å². The van der Waals surface area contributed by atoms with E-state index in [1.54, 1.807) is 12.1 Å². The molecule has 0 bridgehead atoms. The van der Waals surface area contributed by atoms with Crippen LogP contribution in [0.15, 0.2) is 103 Å². The predicted molar refractivity (Wildman–Crippen MR) is 130 cm³/mol. The maximum atomic E-state index is 11.7. The van der Waals surface area contributed by atoms with E-state index in [1.807, 2.05) is 60.7 Å². The highest BCUT2D eigenvalue weighted by Gasteiger charge is 2.11. The van der Waals surface area contributed by atoms with Gasteiger partial charge in [0.15, 0.2) is 0 Å². The number of methoxy groups -OCH3 is 1. The Labute approximate surface area is 193 Å². The van der Waals surface area contributed by atoms with Crippen LogP contribution in [0.4, 0.5) is 17.1 Å². The summed E-state index contributed by atoms with van der Waals surface area (Å²) in [6.07, 6.45) is 0. The smallest absolute Gasteiger partial charge is 0.337 e. The van der Waals surface area contributed by atoms with Gasteiger partial charge in [-0.25, -0.2) is 4.79 Å². The number of benzene rings is 4. The summed E-state index contributed by atoms with van der Waals surface area (Å²) in [5.41, 5.74) is 5.18. The Balaban J connectivity index is 1.64. The third-order valence-electron chi connectivity index (χ3n) is 5.06. The Morgan fingerprint density at radius 3 is 1.85 bits per heavy atom. The molecule has 0 aromatic heterocycles. The van der Waals surface area contributed by atoms with E-state index in [9.17, 15) is 10.1 Å². The van der Waals surface area contributed by atoms with Crippen molar-refractivity contribution in [3.63, 3.8) is 0 Å². The van der Waals surface area contributed by atoms with Crippen LogP contribution in [0.2, 0.25) is 0 Å². The van der Waals surface area contributed by atoms with Crippen molar-refractivity contribution in [3.8, 4) is 17.9 Å². The Morgan fingerprint density at radius 2 is 1.30 bits per heavy atom. The molecule has 0 unspecified atom stereocenters. The molecule has 0 aliphatic heterocycles. The lowest BCUT2D eigenvalue weighted by Crippen LogP contribution is -2.09. The van der Waals surface area contributed by atoms with E-state index < -0.39 is 5.97 Å². The minimum absolute atomic E-state index is 0.325. The number of para-hydroxylation sites is 2. The summed E-state index contributed by atoms with van der Waals surface area (Å²) >= 11 is 0. The SMILES string of the molecule is COC(=O)c1ccc(C#Cc2ccc(N(c3ccccc3)c3ccccc3)cc2)c(C#N)c1. The van der Waals surface area contributed by atoms with E-state index >= 15 is 0 Å². The molecule has 0 radical (unpaired) electrons. The zero-order valence-electron chi connectivity index (χ0n) is 18.0. The van der Waals surface area contributed by atoms with Crippen molar-refractivity contribution in [2.24, 2.45) is 0 Å². The van der Waals surface area contributed by atoms with Crippen molar-refractivity contribution in [1.29, 1.82) is 5.26 Å². The number of hydrogen-bond acceptors (Lipinski definition) is 4. The number of anilines is 3. The highest BCUT2D eigenvalue weighted by Crippen LogP contribution is 2.33. The van der Waals surface area contributed by atoms with Gasteiger partial charge in [-0.05, 0) is 66.7 Å². The molecule has 0 saturated heterocycles. The summed E-state index contributed by atoms with van der Waals surface area (Å²) in [5.74, 6) is 5.66. The number of rotatable bonds is 4. The van der Waals surface area contributed by atoms with E-state index in [0.29, 0.717) is 16.7 Å². The molecule has 4 nitrogen and oxygen atoms in total. The number of carbonyl (C=O) groups is 1. The second-order valence-electron chi connectivity index (χ2n) is 7.17. The molecule has 0 amide bonds. The lowest BCUT2D eigenvalue weighted by molar-refractivity contribution is 0.0600. The van der Waals surface area contributed by atoms with Crippen LogP contribution in [0, 0.1) is 23.2 Å². The topological polar surface area (TPSA) is 53.3 Å². The molecular weight excluding hydrogens is 408 g/mol. The highest BCUT2D eigenvalue weighted by molar-refractivity contribution is 5.90. The van der Waals surface area contributed by atoms with Crippen LogP contribution in [-0.4, -0.2) is 13.1 Å². The van der Waals surface area contributed by atoms with Crippen LogP contribution in [-0.2, 0) is 4.74 Å². The van der Waals surface area contributed by atoms with Gasteiger partial charge < -0.3 is 9.64 Å². The molecule has 0 N–H and O–H groups in total. The number of carbonyl (C=O) groups excluding carboxylic acids is 1. The van der Waals surface area contributed by atoms with Crippen molar-refractivity contribution in [1.82, 2.24) is 0 Å². The van der Waals surface area contributed by atoms with Crippen molar-refractivity contribution in [2.75, 3.05) is 12.0 Å². The van der Waals surface area contributed by atoms with Gasteiger partial charge in [0.1, 0.15) is 6.07 Å². The lowest BCUT2D eigenvalue weighted by Gasteiger charge is -2.25. The molecule has 0 aliphatic carbocycles. The first-order chi connectivity index (χ1) is 16.2. The number of nitrogens with zero attached hydrogens (tertiary/aromatic N) is 2. The van der Waals surface area contributed by atoms with Gasteiger partial charge >= 0.3 is 5.97 Å². The van der Waals surface area contributed by atoms with Crippen LogP contribution in [0.25, 0.3) is 0 Å². The largest absolute Gasteiger partial charge is 0.465 e. The molecule has 33 heavy (non-hydrogen) atoms. The fourth-order valence-electron chi connectivity index (χ4n) is 3.43. The van der Waals surface area contributed by atoms with Crippen molar-refractivity contribution >= 4 is 23.0 Å². The molecular formula is C29H20N2O2. The van der Waals surface area contributed by atoms with Gasteiger partial charge in [0, 0.05) is 28.2 Å². The Bertz CT molecular complexity index is 1320. The minimum Gasteiger partial charge on any atom is -0.465 e. The van der Waals surface area contributed by atoms with Gasteiger partial charge in [-0.1, -0.05) is 48.2 Å². The molecule has 4 aromatic rings. The van der Waals surface area contributed by atoms with Crippen LogP contribution >= 0.6 is 0 Å². The third kappa shape index (κ3) is 4.93. The first-order valence-corrected chi connectivity index (χ1v) is 10.3. The maximum Gasteiger partial charge on any atom is 0.337 e. The molecule has 4 aromatic carbocycles. The standard InChI is InChI=1S/C29H20N2O2/c1-33-29(32)24-17-16-23(25(20-24)21-30)15-12-22-13-18-28(19-14-22)31(26-8-4-2-5-9-26)27-10-6-3-7-11-27/h2-11,13-14,16-20H,1H3. The Morgan fingerprint density at radius 1 is 0.727 bits per heavy atom. The average molecular weight is 428 g/mol. The van der Waals surface area contributed by atoms with Crippen LogP contribution in [0.1, 0.15) is 27.0 Å². The first kappa shape index (κ1) is 21.4. The molecule has 0 fully saturated rings. The number of nitriles is 1. The molecule has 0 spiro atoms. The molecule has 0 atom stereocenters. The molecule has 4 rings (SSSR count). The Hall–Kier alpha value is -4.80. The lowest BCUT2D eigenvalue weighted by atomic mass is 10.0. The quantitative estimate of drug-likeness (QED) is 0.286. The van der Waals surface area contributed by atoms with Gasteiger partial charge in [0.2, 0.25) is 0 Å². The van der Waals surface area contributed by atoms with Gasteiger partial charge in [0.25, 0.3) is 0 Å². The van der Waals surface area contributed by atoms with Gasteiger partial charge in [-0.15, -0.1) is 0 Å². The first-order valence-electron chi connectivity index (χ1n) is 10.3. The Kier molecular flexibility index (Phi) is 6.50. The zero-order valence-corrected chi connectivity index (χ0v) is 18.0. The molecule has 0 heterocycles. The summed E-state index contributed by atoms with van der Waals surface area (Å²) in [4.78, 5) is 13.9. The minimum atomic E-state index is -0.483. The second kappa shape index (κ2) is 10.0. The second-order valence-corrected chi connectivity index (χ2v) is 7.17. The summed E-state index contributed by atoms with van der Waals surface area (Å²) in [6, 6.07) is 35.2. The van der Waals surface area contributed by atoms with E-state index in [-0.39, 0.29) is 0 Å². The summed E-state index contributed by atoms with van der Waals surface area (Å²) in [6.45, 7) is 0. The third-order valence-corrected chi connectivity index (χ3v) is 5.06. The number of ether oxygens (including phenoxy) is 1. The fourth-order valence-corrected chi connectivity index (χ4v) is 3.43. The monoisotopic (exact) mass is 428 g/mol. The zero-order chi connectivity index (χ0) is 23.0. The van der Waals surface area contributed by atoms with Crippen LogP contribution < -0.4 is 4.90 Å². The van der Waals surface area contributed by atoms with Gasteiger partial charge in [0.05, 0.1) is 18.2 Å². The van der Waals surface area contributed by atoms with Gasteiger partial charge in [-0.2, -0.15) is 5.26 Å². The molecule has 0 saturated carbocycles. The number of esters is 1. The van der Waals surface area contributed by atoms with Crippen molar-refractivity contribution in [3.05, 3.63) is 125 Å². The van der Waals surface area contributed by atoms with E-state index in [1.165, 1.54) is 13.2 Å². The number of hydrogen-bond donors (Lipinski definition) is 0. The average Bonchev–Trinajstić information content (AvgIpc) is 2.89. The van der Waals surface area contributed by atoms with E-state index in [4.69, 9.17) is 4.74 Å². The summed E-state index contributed by atoms with van der Waals surface area (Å²) in [5, 5.41) is 9.43. The van der Waals surface area contributed by atoms with E-state index in [2.05, 4.69) is 47.1 Å². The van der Waals surface area contributed by atoms with Crippen LogP contribution in [0.3, 0.4) is 0 Å². The maximum absolute atomic E-state index is 11.7. The summed E-state index contributed by atoms with van der Waals surface area (Å²) < 4.78 is 4.71. The molecule has 0 aliphatic rings. The van der Waals surface area contributed by atoms with Crippen molar-refractivity contribution in [2.45, 2.75) is 0 Å². The molecule has 158 valence electrons. The molecule has 4 heteroatoms.